The summed E-state index contributed by atoms with van der Waals surface area (Å²) in [5.41, 5.74) is 0. The van der Waals surface area contributed by atoms with Crippen molar-refractivity contribution in [3.8, 4) is 0 Å². The van der Waals surface area contributed by atoms with Crippen molar-refractivity contribution in [1.82, 2.24) is 14.9 Å². The van der Waals surface area contributed by atoms with Crippen molar-refractivity contribution in [2.75, 3.05) is 32.4 Å². The molecular weight excluding hydrogens is 262 g/mol. The highest BCUT2D eigenvalue weighted by molar-refractivity contribution is 7.89. The van der Waals surface area contributed by atoms with Gasteiger partial charge in [0.25, 0.3) is 0 Å². The van der Waals surface area contributed by atoms with Crippen LogP contribution in [0.5, 0.6) is 0 Å². The van der Waals surface area contributed by atoms with Gasteiger partial charge in [0.05, 0.1) is 5.75 Å². The minimum atomic E-state index is -3.12. The van der Waals surface area contributed by atoms with Crippen LogP contribution in [-0.4, -0.2) is 57.8 Å². The molecule has 0 aromatic carbocycles. The Kier molecular flexibility index (Phi) is 5.62. The molecule has 1 saturated carbocycles. The van der Waals surface area contributed by atoms with Gasteiger partial charge in [-0.2, -0.15) is 0 Å². The molecule has 1 aliphatic carbocycles. The fraction of sp³-hybridized carbons (Fsp3) is 1.00. The maximum Gasteiger partial charge on any atom is 0.213 e. The highest BCUT2D eigenvalue weighted by Crippen LogP contribution is 2.21. The van der Waals surface area contributed by atoms with Crippen molar-refractivity contribution in [2.45, 2.75) is 50.6 Å². The number of hydrogen-bond acceptors (Lipinski definition) is 4. The summed E-state index contributed by atoms with van der Waals surface area (Å²) in [6, 6.07) is 0.797. The number of likely N-dealkylation sites (N-methyl/N-ethyl adjacent to an activating group) is 1. The van der Waals surface area contributed by atoms with Gasteiger partial charge in [-0.25, -0.2) is 13.1 Å². The highest BCUT2D eigenvalue weighted by Gasteiger charge is 2.22. The average Bonchev–Trinajstić information content (AvgIpc) is 2.99. The van der Waals surface area contributed by atoms with E-state index in [2.05, 4.69) is 22.0 Å². The Morgan fingerprint density at radius 2 is 1.95 bits per heavy atom. The number of hydrogen-bond donors (Lipinski definition) is 2. The number of sulfonamides is 1. The van der Waals surface area contributed by atoms with Gasteiger partial charge >= 0.3 is 0 Å². The number of rotatable bonds is 7. The first-order chi connectivity index (χ1) is 9.07. The van der Waals surface area contributed by atoms with E-state index >= 15 is 0 Å². The summed E-state index contributed by atoms with van der Waals surface area (Å²) >= 11 is 0. The molecule has 2 aliphatic rings. The second-order valence-corrected chi connectivity index (χ2v) is 7.74. The Bertz CT molecular complexity index is 360. The number of nitrogens with zero attached hydrogens (tertiary/aromatic N) is 1. The molecule has 112 valence electrons. The van der Waals surface area contributed by atoms with E-state index in [1.165, 1.54) is 25.7 Å². The minimum Gasteiger partial charge on any atom is -0.313 e. The van der Waals surface area contributed by atoms with E-state index in [4.69, 9.17) is 0 Å². The summed E-state index contributed by atoms with van der Waals surface area (Å²) in [6.45, 7) is 2.29. The van der Waals surface area contributed by atoms with E-state index in [0.717, 1.165) is 25.9 Å². The Labute approximate surface area is 117 Å². The molecule has 6 heteroatoms. The van der Waals surface area contributed by atoms with Gasteiger partial charge in [-0.3, -0.25) is 0 Å². The maximum atomic E-state index is 11.9. The van der Waals surface area contributed by atoms with Gasteiger partial charge in [0, 0.05) is 25.2 Å². The lowest BCUT2D eigenvalue weighted by Gasteiger charge is -2.24. The molecule has 1 unspecified atom stereocenters. The molecule has 0 bridgehead atoms. The summed E-state index contributed by atoms with van der Waals surface area (Å²) in [4.78, 5) is 2.29. The monoisotopic (exact) mass is 289 g/mol. The fourth-order valence-electron chi connectivity index (χ4n) is 3.13. The second-order valence-electron chi connectivity index (χ2n) is 5.89. The zero-order valence-electron chi connectivity index (χ0n) is 11.9. The van der Waals surface area contributed by atoms with E-state index < -0.39 is 10.0 Å². The Morgan fingerprint density at radius 3 is 2.58 bits per heavy atom. The van der Waals surface area contributed by atoms with Crippen LogP contribution in [0.1, 0.15) is 38.5 Å². The van der Waals surface area contributed by atoms with Crippen molar-refractivity contribution in [1.29, 1.82) is 0 Å². The summed E-state index contributed by atoms with van der Waals surface area (Å²) in [5.74, 6) is 0.222. The fourth-order valence-corrected chi connectivity index (χ4v) is 4.46. The summed E-state index contributed by atoms with van der Waals surface area (Å²) in [5, 5.41) is 3.23. The van der Waals surface area contributed by atoms with E-state index in [0.29, 0.717) is 12.6 Å². The molecule has 19 heavy (non-hydrogen) atoms. The van der Waals surface area contributed by atoms with Crippen LogP contribution in [-0.2, 0) is 10.0 Å². The summed E-state index contributed by atoms with van der Waals surface area (Å²) in [6.07, 6.45) is 7.21. The summed E-state index contributed by atoms with van der Waals surface area (Å²) in [7, 11) is -1.02. The zero-order chi connectivity index (χ0) is 13.7. The highest BCUT2D eigenvalue weighted by atomic mass is 32.2. The first-order valence-electron chi connectivity index (χ1n) is 7.48. The molecule has 2 rings (SSSR count). The van der Waals surface area contributed by atoms with E-state index in [-0.39, 0.29) is 11.8 Å². The van der Waals surface area contributed by atoms with Crippen molar-refractivity contribution < 1.29 is 8.42 Å². The molecule has 2 N–H and O–H groups in total. The first kappa shape index (κ1) is 15.2. The molecule has 5 nitrogen and oxygen atoms in total. The lowest BCUT2D eigenvalue weighted by molar-refractivity contribution is 0.250. The minimum absolute atomic E-state index is 0.144. The first-order valence-corrected chi connectivity index (χ1v) is 9.13. The van der Waals surface area contributed by atoms with Crippen molar-refractivity contribution >= 4 is 10.0 Å². The van der Waals surface area contributed by atoms with Gasteiger partial charge in [-0.15, -0.1) is 0 Å². The molecule has 1 aliphatic heterocycles. The van der Waals surface area contributed by atoms with Gasteiger partial charge < -0.3 is 10.2 Å². The largest absolute Gasteiger partial charge is 0.313 e. The van der Waals surface area contributed by atoms with Crippen LogP contribution in [0, 0.1) is 0 Å². The van der Waals surface area contributed by atoms with Gasteiger partial charge in [0.15, 0.2) is 0 Å². The van der Waals surface area contributed by atoms with Crippen LogP contribution in [0.25, 0.3) is 0 Å². The zero-order valence-corrected chi connectivity index (χ0v) is 12.7. The average molecular weight is 289 g/mol. The van der Waals surface area contributed by atoms with E-state index in [1.807, 2.05) is 0 Å². The molecule has 0 spiro atoms. The van der Waals surface area contributed by atoms with Crippen LogP contribution < -0.4 is 10.0 Å². The van der Waals surface area contributed by atoms with Gasteiger partial charge in [-0.1, -0.05) is 12.8 Å². The molecule has 0 amide bonds. The van der Waals surface area contributed by atoms with Gasteiger partial charge in [-0.05, 0) is 39.3 Å². The normalized spacial score (nSPS) is 25.5. The quantitative estimate of drug-likeness (QED) is 0.718. The van der Waals surface area contributed by atoms with Crippen LogP contribution in [0.4, 0.5) is 0 Å². The predicted molar refractivity (Wildman–Crippen MR) is 77.7 cm³/mol. The molecule has 0 radical (unpaired) electrons. The topological polar surface area (TPSA) is 61.4 Å². The SMILES string of the molecule is CN(CCNS(=O)(=O)CC1CCCN1)C1CCCC1. The third kappa shape index (κ3) is 5.02. The van der Waals surface area contributed by atoms with Crippen molar-refractivity contribution in [2.24, 2.45) is 0 Å². The Hall–Kier alpha value is -0.170. The van der Waals surface area contributed by atoms with Crippen LogP contribution >= 0.6 is 0 Å². The van der Waals surface area contributed by atoms with E-state index in [1.54, 1.807) is 0 Å². The lowest BCUT2D eigenvalue weighted by atomic mass is 10.2. The van der Waals surface area contributed by atoms with E-state index in [9.17, 15) is 8.42 Å². The molecule has 1 saturated heterocycles. The Balaban J connectivity index is 1.65. The molecular formula is C13H27N3O2S. The van der Waals surface area contributed by atoms with Crippen molar-refractivity contribution in [3.63, 3.8) is 0 Å². The summed E-state index contributed by atoms with van der Waals surface area (Å²) < 4.78 is 26.6. The number of nitrogens with one attached hydrogen (secondary N) is 2. The third-order valence-electron chi connectivity index (χ3n) is 4.32. The van der Waals surface area contributed by atoms with Crippen LogP contribution in [0.3, 0.4) is 0 Å². The standard InChI is InChI=1S/C13H27N3O2S/c1-16(13-6-2-3-7-13)10-9-15-19(17,18)11-12-5-4-8-14-12/h12-15H,2-11H2,1H3. The molecule has 1 atom stereocenters. The Morgan fingerprint density at radius 1 is 1.21 bits per heavy atom. The molecule has 1 heterocycles. The molecule has 0 aromatic rings. The maximum absolute atomic E-state index is 11.9. The third-order valence-corrected chi connectivity index (χ3v) is 5.80. The van der Waals surface area contributed by atoms with Gasteiger partial charge in [0.2, 0.25) is 10.0 Å². The van der Waals surface area contributed by atoms with Gasteiger partial charge in [0.1, 0.15) is 0 Å². The van der Waals surface area contributed by atoms with Crippen LogP contribution in [0.15, 0.2) is 0 Å². The molecule has 2 fully saturated rings. The van der Waals surface area contributed by atoms with Crippen LogP contribution in [0.2, 0.25) is 0 Å². The molecule has 0 aromatic heterocycles. The lowest BCUT2D eigenvalue weighted by Crippen LogP contribution is -2.41. The van der Waals surface area contributed by atoms with Crippen molar-refractivity contribution in [3.05, 3.63) is 0 Å². The second kappa shape index (κ2) is 7.02. The predicted octanol–water partition coefficient (Wildman–Crippen LogP) is 0.532. The smallest absolute Gasteiger partial charge is 0.213 e.